The summed E-state index contributed by atoms with van der Waals surface area (Å²) in [4.78, 5) is 0. The van der Waals surface area contributed by atoms with Gasteiger partial charge in [-0.25, -0.2) is 0 Å². The summed E-state index contributed by atoms with van der Waals surface area (Å²) in [6, 6.07) is 13.9. The van der Waals surface area contributed by atoms with Crippen molar-refractivity contribution in [2.75, 3.05) is 0 Å². The van der Waals surface area contributed by atoms with E-state index in [-0.39, 0.29) is 11.5 Å². The van der Waals surface area contributed by atoms with E-state index in [1.165, 1.54) is 0 Å². The maximum atomic E-state index is 9.11. The number of hydrogen-bond donors (Lipinski definition) is 4. The molecule has 2 rings (SSSR count). The van der Waals surface area contributed by atoms with Gasteiger partial charge in [0.05, 0.1) is 0 Å². The van der Waals surface area contributed by atoms with Crippen molar-refractivity contribution < 1.29 is 10.2 Å². The van der Waals surface area contributed by atoms with E-state index in [1.807, 2.05) is 24.3 Å². The van der Waals surface area contributed by atoms with Crippen LogP contribution in [0.4, 0.5) is 0 Å². The number of phenols is 2. The van der Waals surface area contributed by atoms with Crippen molar-refractivity contribution in [3.05, 3.63) is 48.5 Å². The van der Waals surface area contributed by atoms with Crippen LogP contribution in [0.25, 0.3) is 11.1 Å². The summed E-state index contributed by atoms with van der Waals surface area (Å²) in [7, 11) is 0. The molecule has 6 N–H and O–H groups in total. The van der Waals surface area contributed by atoms with Crippen LogP contribution in [-0.4, -0.2) is 10.2 Å². The van der Waals surface area contributed by atoms with Crippen LogP contribution in [0.15, 0.2) is 48.5 Å². The van der Waals surface area contributed by atoms with Gasteiger partial charge in [0.2, 0.25) is 0 Å². The molecule has 2 aromatic carbocycles. The smallest absolute Gasteiger partial charge is 0.115 e. The molecule has 0 saturated heterocycles. The molecule has 0 aliphatic rings. The Labute approximate surface area is 93.7 Å². The average Bonchev–Trinajstić information content (AvgIpc) is 2.34. The number of phenolic OH excluding ortho intramolecular Hbond substituents is 2. The fourth-order valence-electron chi connectivity index (χ4n) is 1.31. The van der Waals surface area contributed by atoms with Crippen molar-refractivity contribution in [2.24, 2.45) is 11.7 Å². The Morgan fingerprint density at radius 1 is 0.562 bits per heavy atom. The highest BCUT2D eigenvalue weighted by molar-refractivity contribution is 5.64. The van der Waals surface area contributed by atoms with Gasteiger partial charge in [0.25, 0.3) is 0 Å². The zero-order valence-corrected chi connectivity index (χ0v) is 8.67. The van der Waals surface area contributed by atoms with E-state index in [9.17, 15) is 0 Å². The van der Waals surface area contributed by atoms with Crippen molar-refractivity contribution in [1.82, 2.24) is 0 Å². The third-order valence-corrected chi connectivity index (χ3v) is 2.07. The summed E-state index contributed by atoms with van der Waals surface area (Å²) in [5.41, 5.74) is 2.03. The van der Waals surface area contributed by atoms with E-state index >= 15 is 0 Å². The molecule has 0 spiro atoms. The second-order valence-corrected chi connectivity index (χ2v) is 3.09. The number of nitrogens with two attached hydrogens (primary N) is 2. The first-order chi connectivity index (χ1) is 7.75. The first kappa shape index (κ1) is 12.0. The third-order valence-electron chi connectivity index (χ3n) is 2.07. The lowest BCUT2D eigenvalue weighted by Crippen LogP contribution is -2.02. The van der Waals surface area contributed by atoms with E-state index in [0.717, 1.165) is 11.1 Å². The second-order valence-electron chi connectivity index (χ2n) is 3.09. The average molecular weight is 218 g/mol. The van der Waals surface area contributed by atoms with Crippen LogP contribution in [0.2, 0.25) is 0 Å². The Morgan fingerprint density at radius 2 is 0.812 bits per heavy atom. The molecular formula is C12H14N2O2. The van der Waals surface area contributed by atoms with Crippen molar-refractivity contribution in [3.8, 4) is 22.6 Å². The van der Waals surface area contributed by atoms with E-state index in [4.69, 9.17) is 10.2 Å². The highest BCUT2D eigenvalue weighted by Gasteiger charge is 1.96. The Balaban J connectivity index is 0.000000606. The van der Waals surface area contributed by atoms with Crippen LogP contribution in [0.5, 0.6) is 11.5 Å². The number of hydrazine groups is 1. The van der Waals surface area contributed by atoms with Gasteiger partial charge < -0.3 is 10.2 Å². The maximum Gasteiger partial charge on any atom is 0.115 e. The summed E-state index contributed by atoms with van der Waals surface area (Å²) < 4.78 is 0. The molecular weight excluding hydrogens is 204 g/mol. The van der Waals surface area contributed by atoms with Crippen molar-refractivity contribution in [1.29, 1.82) is 0 Å². The molecule has 0 aliphatic carbocycles. The van der Waals surface area contributed by atoms with Gasteiger partial charge in [-0.1, -0.05) is 24.3 Å². The van der Waals surface area contributed by atoms with Crippen LogP contribution in [0.1, 0.15) is 0 Å². The maximum absolute atomic E-state index is 9.11. The number of benzene rings is 2. The summed E-state index contributed by atoms with van der Waals surface area (Å²) in [6.07, 6.45) is 0. The lowest BCUT2D eigenvalue weighted by atomic mass is 10.1. The second kappa shape index (κ2) is 5.75. The molecule has 0 heterocycles. The quantitative estimate of drug-likeness (QED) is 0.432. The molecule has 16 heavy (non-hydrogen) atoms. The molecule has 0 saturated carbocycles. The topological polar surface area (TPSA) is 92.5 Å². The molecule has 0 radical (unpaired) electrons. The Morgan fingerprint density at radius 3 is 1.06 bits per heavy atom. The molecule has 4 heteroatoms. The molecule has 2 aromatic rings. The SMILES string of the molecule is NN.Oc1ccc(-c2ccc(O)cc2)cc1. The lowest BCUT2D eigenvalue weighted by molar-refractivity contribution is 0.474. The van der Waals surface area contributed by atoms with Crippen LogP contribution >= 0.6 is 0 Å². The molecule has 84 valence electrons. The monoisotopic (exact) mass is 218 g/mol. The first-order valence-corrected chi connectivity index (χ1v) is 4.67. The molecule has 0 aliphatic heterocycles. The number of rotatable bonds is 1. The molecule has 0 unspecified atom stereocenters. The van der Waals surface area contributed by atoms with Gasteiger partial charge in [0.1, 0.15) is 11.5 Å². The number of aromatic hydroxyl groups is 2. The Kier molecular flexibility index (Phi) is 4.32. The summed E-state index contributed by atoms with van der Waals surface area (Å²) in [5.74, 6) is 8.51. The normalized spacial score (nSPS) is 9.12. The summed E-state index contributed by atoms with van der Waals surface area (Å²) >= 11 is 0. The highest BCUT2D eigenvalue weighted by atomic mass is 16.3. The van der Waals surface area contributed by atoms with Gasteiger partial charge in [0.15, 0.2) is 0 Å². The standard InChI is InChI=1S/C12H10O2.H4N2/c13-11-5-1-9(2-6-11)10-3-7-12(14)8-4-10;1-2/h1-8,13-14H;1-2H2. The summed E-state index contributed by atoms with van der Waals surface area (Å²) in [5, 5.41) is 18.2. The minimum Gasteiger partial charge on any atom is -0.508 e. The molecule has 0 fully saturated rings. The van der Waals surface area contributed by atoms with E-state index in [2.05, 4.69) is 11.7 Å². The van der Waals surface area contributed by atoms with Gasteiger partial charge in [-0.2, -0.15) is 0 Å². The van der Waals surface area contributed by atoms with Crippen molar-refractivity contribution in [3.63, 3.8) is 0 Å². The first-order valence-electron chi connectivity index (χ1n) is 4.67. The van der Waals surface area contributed by atoms with Crippen LogP contribution < -0.4 is 11.7 Å². The third kappa shape index (κ3) is 2.98. The van der Waals surface area contributed by atoms with Crippen molar-refractivity contribution >= 4 is 0 Å². The van der Waals surface area contributed by atoms with E-state index in [0.29, 0.717) is 0 Å². The van der Waals surface area contributed by atoms with Gasteiger partial charge in [-0.15, -0.1) is 0 Å². The predicted octanol–water partition coefficient (Wildman–Crippen LogP) is 1.58. The van der Waals surface area contributed by atoms with Gasteiger partial charge >= 0.3 is 0 Å². The predicted molar refractivity (Wildman–Crippen MR) is 63.6 cm³/mol. The Bertz CT molecular complexity index is 380. The van der Waals surface area contributed by atoms with Gasteiger partial charge in [-0.05, 0) is 35.4 Å². The van der Waals surface area contributed by atoms with Crippen LogP contribution in [-0.2, 0) is 0 Å². The van der Waals surface area contributed by atoms with Gasteiger partial charge in [-0.3, -0.25) is 11.7 Å². The molecule has 0 amide bonds. The lowest BCUT2D eigenvalue weighted by Gasteiger charge is -2.01. The zero-order valence-electron chi connectivity index (χ0n) is 8.67. The minimum atomic E-state index is 0.257. The van der Waals surface area contributed by atoms with E-state index in [1.54, 1.807) is 24.3 Å². The van der Waals surface area contributed by atoms with E-state index < -0.39 is 0 Å². The fourth-order valence-corrected chi connectivity index (χ4v) is 1.31. The number of hydrogen-bond acceptors (Lipinski definition) is 4. The molecule has 0 bridgehead atoms. The van der Waals surface area contributed by atoms with Gasteiger partial charge in [0, 0.05) is 0 Å². The fraction of sp³-hybridized carbons (Fsp3) is 0. The zero-order chi connectivity index (χ0) is 12.0. The molecule has 4 nitrogen and oxygen atoms in total. The molecule has 0 atom stereocenters. The highest BCUT2D eigenvalue weighted by Crippen LogP contribution is 2.23. The van der Waals surface area contributed by atoms with Crippen molar-refractivity contribution in [2.45, 2.75) is 0 Å². The minimum absolute atomic E-state index is 0.257. The summed E-state index contributed by atoms with van der Waals surface area (Å²) in [6.45, 7) is 0. The Hall–Kier alpha value is -2.04. The van der Waals surface area contributed by atoms with Crippen LogP contribution in [0, 0.1) is 0 Å². The largest absolute Gasteiger partial charge is 0.508 e. The molecule has 0 aromatic heterocycles. The van der Waals surface area contributed by atoms with Crippen LogP contribution in [0.3, 0.4) is 0 Å².